The van der Waals surface area contributed by atoms with E-state index in [1.807, 2.05) is 6.07 Å². The van der Waals surface area contributed by atoms with E-state index in [9.17, 15) is 0 Å². The van der Waals surface area contributed by atoms with Gasteiger partial charge in [0.1, 0.15) is 5.75 Å². The van der Waals surface area contributed by atoms with E-state index in [1.54, 1.807) is 0 Å². The van der Waals surface area contributed by atoms with E-state index in [-0.39, 0.29) is 0 Å². The van der Waals surface area contributed by atoms with Crippen molar-refractivity contribution < 1.29 is 4.74 Å². The van der Waals surface area contributed by atoms with Gasteiger partial charge in [0.2, 0.25) is 0 Å². The van der Waals surface area contributed by atoms with Gasteiger partial charge in [-0.2, -0.15) is 0 Å². The lowest BCUT2D eigenvalue weighted by Gasteiger charge is -2.21. The van der Waals surface area contributed by atoms with E-state index in [2.05, 4.69) is 37.3 Å². The van der Waals surface area contributed by atoms with Gasteiger partial charge in [-0.3, -0.25) is 0 Å². The van der Waals surface area contributed by atoms with Gasteiger partial charge in [-0.05, 0) is 63.3 Å². The fourth-order valence-corrected chi connectivity index (χ4v) is 3.01. The first-order valence-corrected chi connectivity index (χ1v) is 7.80. The molecule has 1 aliphatic rings. The lowest BCUT2D eigenvalue weighted by molar-refractivity contribution is 0.342. The maximum absolute atomic E-state index is 6.23. The largest absolute Gasteiger partial charge is 0.493 e. The molecule has 1 N–H and O–H groups in total. The Labute approximate surface area is 127 Å². The summed E-state index contributed by atoms with van der Waals surface area (Å²) < 4.78 is 5.79. The van der Waals surface area contributed by atoms with Gasteiger partial charge in [-0.25, -0.2) is 0 Å². The molecule has 1 aliphatic heterocycles. The van der Waals surface area contributed by atoms with Crippen LogP contribution in [0.5, 0.6) is 5.75 Å². The van der Waals surface area contributed by atoms with Gasteiger partial charge in [0.05, 0.1) is 6.61 Å². The molecule has 3 nitrogen and oxygen atoms in total. The number of ether oxygens (including phenoxy) is 1. The Hall–Kier alpha value is -0.770. The van der Waals surface area contributed by atoms with Crippen molar-refractivity contribution in [2.45, 2.75) is 32.2 Å². The van der Waals surface area contributed by atoms with E-state index in [1.165, 1.54) is 11.1 Å². The Morgan fingerprint density at radius 3 is 2.90 bits per heavy atom. The number of benzene rings is 1. The second-order valence-corrected chi connectivity index (χ2v) is 6.14. The first kappa shape index (κ1) is 15.6. The highest BCUT2D eigenvalue weighted by molar-refractivity contribution is 6.30. The Morgan fingerprint density at radius 2 is 2.20 bits per heavy atom. The van der Waals surface area contributed by atoms with Crippen molar-refractivity contribution in [3.8, 4) is 5.75 Å². The molecule has 0 spiro atoms. The lowest BCUT2D eigenvalue weighted by Crippen LogP contribution is -2.34. The molecular weight excluding hydrogens is 272 g/mol. The normalized spacial score (nSPS) is 15.2. The summed E-state index contributed by atoms with van der Waals surface area (Å²) in [5.74, 6) is 1.07. The number of halogens is 1. The van der Waals surface area contributed by atoms with Crippen molar-refractivity contribution in [2.75, 3.05) is 33.8 Å². The van der Waals surface area contributed by atoms with Crippen LogP contribution in [0.3, 0.4) is 0 Å². The van der Waals surface area contributed by atoms with Crippen molar-refractivity contribution >= 4 is 11.6 Å². The summed E-state index contributed by atoms with van der Waals surface area (Å²) in [7, 11) is 4.23. The van der Waals surface area contributed by atoms with Gasteiger partial charge >= 0.3 is 0 Å². The van der Waals surface area contributed by atoms with Crippen LogP contribution in [-0.4, -0.2) is 44.7 Å². The molecule has 20 heavy (non-hydrogen) atoms. The molecule has 1 aromatic rings. The predicted octanol–water partition coefficient (Wildman–Crippen LogP) is 2.75. The third kappa shape index (κ3) is 4.11. The fourth-order valence-electron chi connectivity index (χ4n) is 2.74. The highest BCUT2D eigenvalue weighted by atomic mass is 35.5. The van der Waals surface area contributed by atoms with Crippen LogP contribution in [0.15, 0.2) is 12.1 Å². The third-order valence-electron chi connectivity index (χ3n) is 3.71. The van der Waals surface area contributed by atoms with Crippen LogP contribution in [0, 0.1) is 0 Å². The molecule has 1 aromatic carbocycles. The topological polar surface area (TPSA) is 24.5 Å². The summed E-state index contributed by atoms with van der Waals surface area (Å²) in [6.45, 7) is 5.01. The van der Waals surface area contributed by atoms with Crippen LogP contribution in [0.1, 0.15) is 24.5 Å². The first-order chi connectivity index (χ1) is 9.60. The lowest BCUT2D eigenvalue weighted by atomic mass is 9.99. The van der Waals surface area contributed by atoms with E-state index in [0.29, 0.717) is 6.04 Å². The average molecular weight is 297 g/mol. The Bertz CT molecular complexity index is 448. The molecule has 112 valence electrons. The van der Waals surface area contributed by atoms with Crippen molar-refractivity contribution in [3.63, 3.8) is 0 Å². The van der Waals surface area contributed by atoms with Crippen molar-refractivity contribution in [2.24, 2.45) is 0 Å². The Balaban J connectivity index is 2.10. The second-order valence-electron chi connectivity index (χ2n) is 5.70. The van der Waals surface area contributed by atoms with E-state index in [0.717, 1.165) is 49.7 Å². The SMILES string of the molecule is CCNC(CCN(C)C)Cc1cc(Cl)cc2c1OCC2. The molecule has 1 unspecified atom stereocenters. The minimum Gasteiger partial charge on any atom is -0.493 e. The number of rotatable bonds is 7. The predicted molar refractivity (Wildman–Crippen MR) is 85.0 cm³/mol. The molecular formula is C16H25ClN2O. The minimum absolute atomic E-state index is 0.467. The van der Waals surface area contributed by atoms with Crippen LogP contribution in [0.4, 0.5) is 0 Å². The molecule has 0 aliphatic carbocycles. The van der Waals surface area contributed by atoms with Crippen LogP contribution in [0.2, 0.25) is 5.02 Å². The summed E-state index contributed by atoms with van der Waals surface area (Å²) in [6.07, 6.45) is 3.08. The zero-order valence-electron chi connectivity index (χ0n) is 12.7. The summed E-state index contributed by atoms with van der Waals surface area (Å²) >= 11 is 6.23. The highest BCUT2D eigenvalue weighted by Crippen LogP contribution is 2.33. The third-order valence-corrected chi connectivity index (χ3v) is 3.93. The fraction of sp³-hybridized carbons (Fsp3) is 0.625. The van der Waals surface area contributed by atoms with Crippen LogP contribution < -0.4 is 10.1 Å². The maximum Gasteiger partial charge on any atom is 0.125 e. The Kier molecular flexibility index (Phi) is 5.70. The molecule has 0 radical (unpaired) electrons. The standard InChI is InChI=1S/C16H25ClN2O/c1-4-18-15(5-7-19(2)3)11-13-10-14(17)9-12-6-8-20-16(12)13/h9-10,15,18H,4-8,11H2,1-3H3. The van der Waals surface area contributed by atoms with E-state index < -0.39 is 0 Å². The van der Waals surface area contributed by atoms with Crippen LogP contribution in [-0.2, 0) is 12.8 Å². The number of likely N-dealkylation sites (N-methyl/N-ethyl adjacent to an activating group) is 1. The summed E-state index contributed by atoms with van der Waals surface area (Å²) in [5.41, 5.74) is 2.50. The number of hydrogen-bond acceptors (Lipinski definition) is 3. The van der Waals surface area contributed by atoms with Crippen LogP contribution in [0.25, 0.3) is 0 Å². The van der Waals surface area contributed by atoms with Crippen molar-refractivity contribution in [1.29, 1.82) is 0 Å². The van der Waals surface area contributed by atoms with Gasteiger partial charge in [-0.1, -0.05) is 18.5 Å². The molecule has 4 heteroatoms. The highest BCUT2D eigenvalue weighted by Gasteiger charge is 2.20. The number of hydrogen-bond donors (Lipinski definition) is 1. The number of nitrogens with one attached hydrogen (secondary N) is 1. The van der Waals surface area contributed by atoms with E-state index in [4.69, 9.17) is 16.3 Å². The zero-order valence-corrected chi connectivity index (χ0v) is 13.5. The first-order valence-electron chi connectivity index (χ1n) is 7.42. The van der Waals surface area contributed by atoms with Gasteiger partial charge in [0.15, 0.2) is 0 Å². The molecule has 0 bridgehead atoms. The summed E-state index contributed by atoms with van der Waals surface area (Å²) in [5, 5.41) is 4.40. The summed E-state index contributed by atoms with van der Waals surface area (Å²) in [4.78, 5) is 2.23. The monoisotopic (exact) mass is 296 g/mol. The van der Waals surface area contributed by atoms with Gasteiger partial charge in [0, 0.05) is 17.5 Å². The molecule has 1 atom stereocenters. The van der Waals surface area contributed by atoms with Gasteiger partial charge in [-0.15, -0.1) is 0 Å². The molecule has 0 aromatic heterocycles. The Morgan fingerprint density at radius 1 is 1.40 bits per heavy atom. The molecule has 0 saturated carbocycles. The molecule has 0 saturated heterocycles. The van der Waals surface area contributed by atoms with Gasteiger partial charge < -0.3 is 15.0 Å². The van der Waals surface area contributed by atoms with Crippen molar-refractivity contribution in [1.82, 2.24) is 10.2 Å². The molecule has 0 amide bonds. The maximum atomic E-state index is 6.23. The number of fused-ring (bicyclic) bond motifs is 1. The average Bonchev–Trinajstić information content (AvgIpc) is 2.84. The molecule has 0 fully saturated rings. The van der Waals surface area contributed by atoms with Gasteiger partial charge in [0.25, 0.3) is 0 Å². The molecule has 2 rings (SSSR count). The summed E-state index contributed by atoms with van der Waals surface area (Å²) in [6, 6.07) is 4.57. The minimum atomic E-state index is 0.467. The number of nitrogens with zero attached hydrogens (tertiary/aromatic N) is 1. The van der Waals surface area contributed by atoms with Crippen molar-refractivity contribution in [3.05, 3.63) is 28.3 Å². The quantitative estimate of drug-likeness (QED) is 0.837. The smallest absolute Gasteiger partial charge is 0.125 e. The molecule has 1 heterocycles. The zero-order chi connectivity index (χ0) is 14.5. The van der Waals surface area contributed by atoms with Crippen LogP contribution >= 0.6 is 11.6 Å². The van der Waals surface area contributed by atoms with E-state index >= 15 is 0 Å². The second kappa shape index (κ2) is 7.30.